The van der Waals surface area contributed by atoms with Gasteiger partial charge in [0, 0.05) is 18.6 Å². The lowest BCUT2D eigenvalue weighted by atomic mass is 9.78. The monoisotopic (exact) mass is 932 g/mol. The van der Waals surface area contributed by atoms with Crippen LogP contribution >= 0.6 is 0 Å². The van der Waals surface area contributed by atoms with Gasteiger partial charge in [0.1, 0.15) is 37.4 Å². The second-order valence-electron chi connectivity index (χ2n) is 23.8. The molecule has 3 rings (SSSR count). The van der Waals surface area contributed by atoms with Gasteiger partial charge in [0.05, 0.1) is 19.3 Å². The third-order valence-corrected chi connectivity index (χ3v) is 12.2. The van der Waals surface area contributed by atoms with Crippen molar-refractivity contribution in [2.45, 2.75) is 189 Å². The maximum Gasteiger partial charge on any atom is 0.311 e. The van der Waals surface area contributed by atoms with Gasteiger partial charge in [-0.2, -0.15) is 0 Å². The Labute approximate surface area is 402 Å². The van der Waals surface area contributed by atoms with Crippen LogP contribution in [0.3, 0.4) is 0 Å². The van der Waals surface area contributed by atoms with Gasteiger partial charge in [-0.25, -0.2) is 0 Å². The topological polar surface area (TPSA) is 176 Å². The number of benzene rings is 3. The summed E-state index contributed by atoms with van der Waals surface area (Å²) < 4.78 is 17.0. The first kappa shape index (κ1) is 56.7. The number of hydrogen-bond acceptors (Lipinski definition) is 12. The van der Waals surface area contributed by atoms with Crippen LogP contribution in [0.4, 0.5) is 0 Å². The van der Waals surface area contributed by atoms with Crippen LogP contribution in [-0.4, -0.2) is 72.0 Å². The van der Waals surface area contributed by atoms with Crippen molar-refractivity contribution < 1.29 is 43.9 Å². The molecule has 0 saturated carbocycles. The van der Waals surface area contributed by atoms with E-state index < -0.39 is 23.4 Å². The van der Waals surface area contributed by atoms with E-state index in [9.17, 15) is 29.7 Å². The summed E-state index contributed by atoms with van der Waals surface area (Å²) >= 11 is 0. The molecule has 6 N–H and O–H groups in total. The molecule has 374 valence electrons. The number of phenols is 3. The zero-order valence-electron chi connectivity index (χ0n) is 44.2. The van der Waals surface area contributed by atoms with Crippen LogP contribution in [0, 0.1) is 0 Å². The molecule has 67 heavy (non-hydrogen) atoms. The minimum Gasteiger partial charge on any atom is -0.507 e. The Morgan fingerprint density at radius 1 is 0.478 bits per heavy atom. The van der Waals surface area contributed by atoms with Crippen molar-refractivity contribution in [1.82, 2.24) is 16.0 Å². The van der Waals surface area contributed by atoms with Crippen molar-refractivity contribution in [1.29, 1.82) is 0 Å². The van der Waals surface area contributed by atoms with E-state index in [1.807, 2.05) is 147 Å². The van der Waals surface area contributed by atoms with E-state index in [4.69, 9.17) is 14.2 Å². The van der Waals surface area contributed by atoms with Crippen molar-refractivity contribution in [2.75, 3.05) is 33.3 Å². The molecule has 12 nitrogen and oxygen atoms in total. The molecule has 12 heteroatoms. The molecule has 0 aliphatic heterocycles. The first-order valence-corrected chi connectivity index (χ1v) is 23.8. The third kappa shape index (κ3) is 16.5. The second-order valence-corrected chi connectivity index (χ2v) is 23.8. The molecule has 0 aromatic heterocycles. The normalized spacial score (nSPS) is 13.3. The molecule has 3 aromatic rings. The number of nitrogens with one attached hydrogen (secondary N) is 3. The maximum atomic E-state index is 13.3. The first-order chi connectivity index (χ1) is 30.6. The smallest absolute Gasteiger partial charge is 0.311 e. The molecule has 1 unspecified atom stereocenters. The van der Waals surface area contributed by atoms with Crippen molar-refractivity contribution in [3.8, 4) is 17.2 Å². The van der Waals surface area contributed by atoms with E-state index in [2.05, 4.69) is 29.8 Å². The zero-order chi connectivity index (χ0) is 51.1. The number of carbonyl (C=O) groups is 3. The van der Waals surface area contributed by atoms with Crippen LogP contribution in [0.15, 0.2) is 36.4 Å². The van der Waals surface area contributed by atoms with Gasteiger partial charge in [-0.15, -0.1) is 0 Å². The fourth-order valence-corrected chi connectivity index (χ4v) is 7.92. The lowest BCUT2D eigenvalue weighted by molar-refractivity contribution is -0.145. The lowest BCUT2D eigenvalue weighted by Gasteiger charge is -2.31. The van der Waals surface area contributed by atoms with Crippen LogP contribution in [0.1, 0.15) is 187 Å². The van der Waals surface area contributed by atoms with Crippen molar-refractivity contribution in [3.05, 3.63) is 86.5 Å². The Bertz CT molecular complexity index is 2020. The molecule has 0 amide bonds. The Hall–Kier alpha value is -4.65. The SMILES string of the molecule is CCC(C)c1cc(CC(=O)OCNC(C)(CNCOC(=O)Cc2cc(C(C)(C)C)c(O)c(C(C)(C)C)c2)CNCOC(=O)Cc2cc(C(C)(C)C)c(O)c(C(C)(C)C)c2)cc(C(C)(C)C)c1O. The quantitative estimate of drug-likeness (QED) is 0.0291. The minimum absolute atomic E-state index is 0.0125. The molecule has 0 aliphatic carbocycles. The van der Waals surface area contributed by atoms with Gasteiger partial charge in [0.25, 0.3) is 0 Å². The summed E-state index contributed by atoms with van der Waals surface area (Å²) in [7, 11) is 0. The number of carbonyl (C=O) groups excluding carboxylic acids is 3. The summed E-state index contributed by atoms with van der Waals surface area (Å²) in [6.45, 7) is 36.6. The summed E-state index contributed by atoms with van der Waals surface area (Å²) in [6.07, 6.45) is 0.877. The van der Waals surface area contributed by atoms with Crippen LogP contribution < -0.4 is 16.0 Å². The summed E-state index contributed by atoms with van der Waals surface area (Å²) in [6, 6.07) is 11.2. The van der Waals surface area contributed by atoms with Crippen molar-refractivity contribution >= 4 is 17.9 Å². The Kier molecular flexibility index (Phi) is 18.8. The van der Waals surface area contributed by atoms with E-state index in [1.165, 1.54) is 0 Å². The summed E-state index contributed by atoms with van der Waals surface area (Å²) in [5.41, 5.74) is 4.36. The molecule has 0 fully saturated rings. The molecule has 1 atom stereocenters. The highest BCUT2D eigenvalue weighted by Gasteiger charge is 2.30. The number of esters is 3. The van der Waals surface area contributed by atoms with Crippen LogP contribution in [0.2, 0.25) is 0 Å². The van der Waals surface area contributed by atoms with Crippen molar-refractivity contribution in [2.24, 2.45) is 0 Å². The number of rotatable bonds is 19. The molecular weight excluding hydrogens is 847 g/mol. The molecule has 0 spiro atoms. The number of hydrogen-bond donors (Lipinski definition) is 6. The zero-order valence-corrected chi connectivity index (χ0v) is 44.2. The molecular formula is C55H85N3O9. The van der Waals surface area contributed by atoms with Crippen LogP contribution in [0.5, 0.6) is 17.2 Å². The van der Waals surface area contributed by atoms with Gasteiger partial charge in [-0.05, 0) is 96.4 Å². The fraction of sp³-hybridized carbons (Fsp3) is 0.618. The highest BCUT2D eigenvalue weighted by Crippen LogP contribution is 2.42. The van der Waals surface area contributed by atoms with Gasteiger partial charge >= 0.3 is 17.9 Å². The lowest BCUT2D eigenvalue weighted by Crippen LogP contribution is -2.57. The second kappa shape index (κ2) is 22.2. The number of aromatic hydroxyl groups is 3. The van der Waals surface area contributed by atoms with E-state index in [1.54, 1.807) is 0 Å². The van der Waals surface area contributed by atoms with Gasteiger partial charge in [0.2, 0.25) is 0 Å². The maximum absolute atomic E-state index is 13.3. The van der Waals surface area contributed by atoms with Crippen LogP contribution in [-0.2, 0) is 74.9 Å². The average Bonchev–Trinajstić information content (AvgIpc) is 3.17. The standard InChI is InChI=1S/C55H85N3O9/c1-19-34(2)38-20-35(21-39(47(38)62)50(3,4)5)26-46(61)67-33-58-55(18,29-56-31-65-44(59)27-36-22-40(51(6,7)8)48(63)41(23-36)52(9,10)11)30-57-32-66-45(60)28-37-24-42(53(12,13)14)49(64)43(25-37)54(15,16)17/h20-25,34,56-58,62-64H,19,26-33H2,1-18H3. The Morgan fingerprint density at radius 3 is 1.06 bits per heavy atom. The highest BCUT2D eigenvalue weighted by atomic mass is 16.5. The molecule has 3 aromatic carbocycles. The Morgan fingerprint density at radius 2 is 0.761 bits per heavy atom. The summed E-state index contributed by atoms with van der Waals surface area (Å²) in [4.78, 5) is 39.7. The van der Waals surface area contributed by atoms with Gasteiger partial charge in [-0.3, -0.25) is 30.3 Å². The van der Waals surface area contributed by atoms with Gasteiger partial charge < -0.3 is 29.5 Å². The molecule has 0 aliphatic rings. The van der Waals surface area contributed by atoms with Gasteiger partial charge in [0.15, 0.2) is 0 Å². The predicted octanol–water partition coefficient (Wildman–Crippen LogP) is 9.86. The number of phenolic OH excluding ortho intramolecular Hbond substituents is 3. The minimum atomic E-state index is -0.804. The Balaban J connectivity index is 1.74. The first-order valence-electron chi connectivity index (χ1n) is 23.8. The van der Waals surface area contributed by atoms with Crippen LogP contribution in [0.25, 0.3) is 0 Å². The number of ether oxygens (including phenoxy) is 3. The van der Waals surface area contributed by atoms with E-state index in [0.29, 0.717) is 0 Å². The molecule has 0 saturated heterocycles. The van der Waals surface area contributed by atoms with Gasteiger partial charge in [-0.1, -0.05) is 154 Å². The van der Waals surface area contributed by atoms with E-state index in [0.717, 1.165) is 56.5 Å². The average molecular weight is 932 g/mol. The molecule has 0 radical (unpaired) electrons. The van der Waals surface area contributed by atoms with E-state index in [-0.39, 0.29) is 103 Å². The predicted molar refractivity (Wildman–Crippen MR) is 268 cm³/mol. The van der Waals surface area contributed by atoms with E-state index >= 15 is 0 Å². The molecule has 0 bridgehead atoms. The largest absolute Gasteiger partial charge is 0.507 e. The summed E-state index contributed by atoms with van der Waals surface area (Å²) in [5, 5.41) is 43.1. The fourth-order valence-electron chi connectivity index (χ4n) is 7.92. The van der Waals surface area contributed by atoms with Crippen molar-refractivity contribution in [3.63, 3.8) is 0 Å². The third-order valence-electron chi connectivity index (χ3n) is 12.2. The molecule has 0 heterocycles. The highest BCUT2D eigenvalue weighted by molar-refractivity contribution is 5.74. The summed E-state index contributed by atoms with van der Waals surface area (Å²) in [5.74, 6) is -0.476.